The molecule has 1 heterocycles. The molecule has 92 valence electrons. The van der Waals surface area contributed by atoms with Crippen LogP contribution in [0.5, 0.6) is 0 Å². The number of imidazole rings is 1. The van der Waals surface area contributed by atoms with Gasteiger partial charge in [-0.1, -0.05) is 37.9 Å². The third kappa shape index (κ3) is 2.43. The van der Waals surface area contributed by atoms with Gasteiger partial charge in [0.25, 0.3) is 0 Å². The Balaban J connectivity index is 2.55. The van der Waals surface area contributed by atoms with Gasteiger partial charge in [0, 0.05) is 6.54 Å². The summed E-state index contributed by atoms with van der Waals surface area (Å²) in [5, 5.41) is 0.691. The van der Waals surface area contributed by atoms with Crippen molar-refractivity contribution < 1.29 is 0 Å². The third-order valence-electron chi connectivity index (χ3n) is 3.12. The van der Waals surface area contributed by atoms with Gasteiger partial charge >= 0.3 is 0 Å². The first-order chi connectivity index (χ1) is 8.17. The van der Waals surface area contributed by atoms with Gasteiger partial charge in [-0.25, -0.2) is 4.98 Å². The van der Waals surface area contributed by atoms with E-state index in [4.69, 9.17) is 23.2 Å². The van der Waals surface area contributed by atoms with E-state index in [1.807, 2.05) is 18.2 Å². The lowest BCUT2D eigenvalue weighted by Gasteiger charge is -2.12. The molecule has 1 unspecified atom stereocenters. The second-order valence-electron chi connectivity index (χ2n) is 4.39. The van der Waals surface area contributed by atoms with Gasteiger partial charge in [-0.2, -0.15) is 0 Å². The SMILES string of the molecule is CCC(C)Cn1c(CCl)nc2c(Cl)cccc21. The molecule has 1 atom stereocenters. The molecule has 0 N–H and O–H groups in total. The Kier molecular flexibility index (Phi) is 3.95. The van der Waals surface area contributed by atoms with E-state index in [1.165, 1.54) is 0 Å². The van der Waals surface area contributed by atoms with E-state index in [1.54, 1.807) is 0 Å². The molecule has 0 saturated heterocycles. The average Bonchev–Trinajstić information content (AvgIpc) is 2.69. The third-order valence-corrected chi connectivity index (χ3v) is 3.66. The van der Waals surface area contributed by atoms with Gasteiger partial charge in [-0.3, -0.25) is 0 Å². The van der Waals surface area contributed by atoms with E-state index in [2.05, 4.69) is 23.4 Å². The number of fused-ring (bicyclic) bond motifs is 1. The van der Waals surface area contributed by atoms with E-state index in [0.717, 1.165) is 29.8 Å². The quantitative estimate of drug-likeness (QED) is 0.750. The van der Waals surface area contributed by atoms with E-state index < -0.39 is 0 Å². The highest BCUT2D eigenvalue weighted by atomic mass is 35.5. The molecule has 0 saturated carbocycles. The van der Waals surface area contributed by atoms with Gasteiger partial charge in [0.05, 0.1) is 16.4 Å². The number of para-hydroxylation sites is 1. The summed E-state index contributed by atoms with van der Waals surface area (Å²) in [6.45, 7) is 5.36. The van der Waals surface area contributed by atoms with Crippen LogP contribution in [-0.2, 0) is 12.4 Å². The van der Waals surface area contributed by atoms with Crippen LogP contribution in [0.25, 0.3) is 11.0 Å². The zero-order valence-electron chi connectivity index (χ0n) is 10.1. The van der Waals surface area contributed by atoms with Crippen LogP contribution >= 0.6 is 23.2 Å². The second-order valence-corrected chi connectivity index (χ2v) is 5.07. The first-order valence-corrected chi connectivity index (χ1v) is 6.78. The Morgan fingerprint density at radius 3 is 2.82 bits per heavy atom. The standard InChI is InChI=1S/C13H16Cl2N2/c1-3-9(2)8-17-11-6-4-5-10(15)13(11)16-12(17)7-14/h4-6,9H,3,7-8H2,1-2H3. The predicted octanol–water partition coefficient (Wildman–Crippen LogP) is 4.47. The molecule has 17 heavy (non-hydrogen) atoms. The zero-order valence-corrected chi connectivity index (χ0v) is 11.6. The summed E-state index contributed by atoms with van der Waals surface area (Å²) in [7, 11) is 0. The molecule has 0 fully saturated rings. The normalized spacial score (nSPS) is 13.2. The summed E-state index contributed by atoms with van der Waals surface area (Å²) in [5.41, 5.74) is 1.93. The molecule has 0 radical (unpaired) electrons. The van der Waals surface area contributed by atoms with Gasteiger partial charge in [0.1, 0.15) is 11.3 Å². The Morgan fingerprint density at radius 1 is 1.41 bits per heavy atom. The molecule has 0 amide bonds. The van der Waals surface area contributed by atoms with Crippen molar-refractivity contribution in [3.8, 4) is 0 Å². The van der Waals surface area contributed by atoms with Crippen LogP contribution in [0, 0.1) is 5.92 Å². The highest BCUT2D eigenvalue weighted by molar-refractivity contribution is 6.34. The second kappa shape index (κ2) is 5.28. The maximum atomic E-state index is 6.15. The summed E-state index contributed by atoms with van der Waals surface area (Å²) in [4.78, 5) is 4.52. The average molecular weight is 271 g/mol. The molecular weight excluding hydrogens is 255 g/mol. The van der Waals surface area contributed by atoms with Crippen LogP contribution in [0.4, 0.5) is 0 Å². The van der Waals surface area contributed by atoms with Gasteiger partial charge in [0.15, 0.2) is 0 Å². The van der Waals surface area contributed by atoms with E-state index in [-0.39, 0.29) is 0 Å². The summed E-state index contributed by atoms with van der Waals surface area (Å²) in [6, 6.07) is 5.87. The van der Waals surface area contributed by atoms with Crippen molar-refractivity contribution in [2.24, 2.45) is 5.92 Å². The van der Waals surface area contributed by atoms with Crippen molar-refractivity contribution in [2.45, 2.75) is 32.7 Å². The number of nitrogens with zero attached hydrogens (tertiary/aromatic N) is 2. The van der Waals surface area contributed by atoms with Crippen LogP contribution in [-0.4, -0.2) is 9.55 Å². The lowest BCUT2D eigenvalue weighted by atomic mass is 10.1. The van der Waals surface area contributed by atoms with Crippen molar-refractivity contribution in [3.05, 3.63) is 29.0 Å². The number of hydrogen-bond donors (Lipinski definition) is 0. The summed E-state index contributed by atoms with van der Waals surface area (Å²) in [5.74, 6) is 1.92. The molecule has 2 rings (SSSR count). The summed E-state index contributed by atoms with van der Waals surface area (Å²) in [6.07, 6.45) is 1.14. The van der Waals surface area contributed by atoms with Crippen LogP contribution in [0.15, 0.2) is 18.2 Å². The van der Waals surface area contributed by atoms with Crippen molar-refractivity contribution >= 4 is 34.2 Å². The smallest absolute Gasteiger partial charge is 0.124 e. The fourth-order valence-corrected chi connectivity index (χ4v) is 2.32. The molecule has 0 aliphatic carbocycles. The number of hydrogen-bond acceptors (Lipinski definition) is 1. The molecule has 0 aliphatic heterocycles. The van der Waals surface area contributed by atoms with Crippen molar-refractivity contribution in [3.63, 3.8) is 0 Å². The fourth-order valence-electron chi connectivity index (χ4n) is 1.91. The highest BCUT2D eigenvalue weighted by Crippen LogP contribution is 2.25. The largest absolute Gasteiger partial charge is 0.327 e. The maximum Gasteiger partial charge on any atom is 0.124 e. The van der Waals surface area contributed by atoms with Crippen molar-refractivity contribution in [1.82, 2.24) is 9.55 Å². The lowest BCUT2D eigenvalue weighted by Crippen LogP contribution is -2.09. The highest BCUT2D eigenvalue weighted by Gasteiger charge is 2.13. The van der Waals surface area contributed by atoms with Crippen LogP contribution in [0.3, 0.4) is 0 Å². The molecule has 0 spiro atoms. The maximum absolute atomic E-state index is 6.15. The van der Waals surface area contributed by atoms with Crippen LogP contribution in [0.1, 0.15) is 26.1 Å². The number of benzene rings is 1. The Bertz CT molecular complexity index is 519. The minimum Gasteiger partial charge on any atom is -0.327 e. The number of aromatic nitrogens is 2. The van der Waals surface area contributed by atoms with Gasteiger partial charge < -0.3 is 4.57 Å². The van der Waals surface area contributed by atoms with Crippen molar-refractivity contribution in [1.29, 1.82) is 0 Å². The molecule has 1 aromatic heterocycles. The molecule has 4 heteroatoms. The summed E-state index contributed by atoms with van der Waals surface area (Å²) < 4.78 is 2.18. The molecule has 0 bridgehead atoms. The van der Waals surface area contributed by atoms with Crippen molar-refractivity contribution in [2.75, 3.05) is 0 Å². The monoisotopic (exact) mass is 270 g/mol. The topological polar surface area (TPSA) is 17.8 Å². The lowest BCUT2D eigenvalue weighted by molar-refractivity contribution is 0.469. The zero-order chi connectivity index (χ0) is 12.4. The van der Waals surface area contributed by atoms with Gasteiger partial charge in [-0.05, 0) is 18.1 Å². The number of alkyl halides is 1. The van der Waals surface area contributed by atoms with E-state index >= 15 is 0 Å². The Labute approximate surface area is 112 Å². The number of rotatable bonds is 4. The Morgan fingerprint density at radius 2 is 2.18 bits per heavy atom. The minimum atomic E-state index is 0.418. The molecule has 1 aromatic carbocycles. The van der Waals surface area contributed by atoms with E-state index in [0.29, 0.717) is 16.8 Å². The van der Waals surface area contributed by atoms with Crippen LogP contribution in [0.2, 0.25) is 5.02 Å². The first kappa shape index (κ1) is 12.7. The van der Waals surface area contributed by atoms with E-state index in [9.17, 15) is 0 Å². The van der Waals surface area contributed by atoms with Gasteiger partial charge in [-0.15, -0.1) is 11.6 Å². The fraction of sp³-hybridized carbons (Fsp3) is 0.462. The molecule has 0 aliphatic rings. The molecular formula is C13H16Cl2N2. The predicted molar refractivity (Wildman–Crippen MR) is 73.8 cm³/mol. The summed E-state index contributed by atoms with van der Waals surface area (Å²) >= 11 is 12.1. The first-order valence-electron chi connectivity index (χ1n) is 5.87. The molecule has 2 aromatic rings. The Hall–Kier alpha value is -0.730. The van der Waals surface area contributed by atoms with Gasteiger partial charge in [0.2, 0.25) is 0 Å². The molecule has 2 nitrogen and oxygen atoms in total. The number of halogens is 2. The van der Waals surface area contributed by atoms with Crippen LogP contribution < -0.4 is 0 Å². The minimum absolute atomic E-state index is 0.418.